The third-order valence-corrected chi connectivity index (χ3v) is 6.32. The second-order valence-corrected chi connectivity index (χ2v) is 8.85. The van der Waals surface area contributed by atoms with E-state index in [0.29, 0.717) is 6.42 Å². The van der Waals surface area contributed by atoms with Crippen LogP contribution in [0.1, 0.15) is 39.4 Å². The number of carbonyl (C=O) groups excluding carboxylic acids is 1. The number of aromatic nitrogens is 2. The number of hydrogen-bond donors (Lipinski definition) is 1. The van der Waals surface area contributed by atoms with Crippen molar-refractivity contribution in [3.05, 3.63) is 83.3 Å². The van der Waals surface area contributed by atoms with Gasteiger partial charge in [-0.25, -0.2) is 18.1 Å². The zero-order chi connectivity index (χ0) is 19.7. The Balaban J connectivity index is 1.53. The minimum absolute atomic E-state index is 0.00621. The third kappa shape index (κ3) is 3.76. The molecule has 4 rings (SSSR count). The first-order chi connectivity index (χ1) is 13.4. The summed E-state index contributed by atoms with van der Waals surface area (Å²) < 4.78 is 28.9. The molecule has 1 N–H and O–H groups in total. The summed E-state index contributed by atoms with van der Waals surface area (Å²) in [5.41, 5.74) is 3.76. The van der Waals surface area contributed by atoms with Crippen molar-refractivity contribution in [2.45, 2.75) is 30.3 Å². The van der Waals surface area contributed by atoms with E-state index in [1.807, 2.05) is 36.4 Å². The molecule has 1 aliphatic carbocycles. The molecule has 6 nitrogen and oxygen atoms in total. The lowest BCUT2D eigenvalue weighted by Gasteiger charge is -2.12. The van der Waals surface area contributed by atoms with Crippen LogP contribution in [-0.2, 0) is 30.0 Å². The summed E-state index contributed by atoms with van der Waals surface area (Å²) >= 11 is 0. The second-order valence-electron chi connectivity index (χ2n) is 7.14. The normalized spacial score (nSPS) is 16.3. The molecule has 3 aromatic rings. The van der Waals surface area contributed by atoms with Crippen molar-refractivity contribution >= 4 is 15.8 Å². The van der Waals surface area contributed by atoms with Crippen LogP contribution in [0, 0.1) is 0 Å². The Hall–Kier alpha value is -2.77. The number of fused-ring (bicyclic) bond motifs is 1. The highest BCUT2D eigenvalue weighted by molar-refractivity contribution is 7.89. The fourth-order valence-corrected chi connectivity index (χ4v) is 4.61. The smallest absolute Gasteiger partial charge is 0.259 e. The van der Waals surface area contributed by atoms with E-state index in [1.165, 1.54) is 18.1 Å². The third-order valence-electron chi connectivity index (χ3n) is 5.04. The van der Waals surface area contributed by atoms with E-state index in [9.17, 15) is 13.2 Å². The molecule has 0 spiro atoms. The summed E-state index contributed by atoms with van der Waals surface area (Å²) in [7, 11) is -1.95. The molecule has 0 saturated carbocycles. The predicted octanol–water partition coefficient (Wildman–Crippen LogP) is 2.81. The molecular weight excluding hydrogens is 374 g/mol. The lowest BCUT2D eigenvalue weighted by atomic mass is 9.92. The van der Waals surface area contributed by atoms with E-state index >= 15 is 0 Å². The van der Waals surface area contributed by atoms with E-state index in [1.54, 1.807) is 11.6 Å². The van der Waals surface area contributed by atoms with Crippen molar-refractivity contribution in [2.24, 2.45) is 7.05 Å². The van der Waals surface area contributed by atoms with Crippen LogP contribution in [0.25, 0.3) is 0 Å². The average molecular weight is 395 g/mol. The Morgan fingerprint density at radius 1 is 1.14 bits per heavy atom. The topological polar surface area (TPSA) is 81.1 Å². The molecule has 0 fully saturated rings. The minimum Gasteiger partial charge on any atom is -0.339 e. The molecule has 0 radical (unpaired) electrons. The summed E-state index contributed by atoms with van der Waals surface area (Å²) in [6.45, 7) is 0.151. The van der Waals surface area contributed by atoms with Gasteiger partial charge >= 0.3 is 0 Å². The van der Waals surface area contributed by atoms with Gasteiger partial charge in [0.25, 0.3) is 10.0 Å². The number of benzene rings is 2. The SMILES string of the molecule is Cn1cnc(S(=O)(=O)NCc2ccc3c(c2)C(Cc2ccccc2)CC3=O)c1. The van der Waals surface area contributed by atoms with Crippen LogP contribution in [0.15, 0.2) is 66.1 Å². The Morgan fingerprint density at radius 3 is 2.64 bits per heavy atom. The van der Waals surface area contributed by atoms with E-state index in [2.05, 4.69) is 21.8 Å². The highest BCUT2D eigenvalue weighted by Gasteiger charge is 2.29. The van der Waals surface area contributed by atoms with Gasteiger partial charge in [-0.15, -0.1) is 0 Å². The van der Waals surface area contributed by atoms with Gasteiger partial charge in [0.2, 0.25) is 0 Å². The van der Waals surface area contributed by atoms with Crippen LogP contribution >= 0.6 is 0 Å². The zero-order valence-electron chi connectivity index (χ0n) is 15.5. The highest BCUT2D eigenvalue weighted by Crippen LogP contribution is 2.36. The number of aryl methyl sites for hydroxylation is 1. The number of ketones is 1. The highest BCUT2D eigenvalue weighted by atomic mass is 32.2. The Morgan fingerprint density at radius 2 is 1.93 bits per heavy atom. The molecule has 0 saturated heterocycles. The van der Waals surface area contributed by atoms with Gasteiger partial charge in [0.1, 0.15) is 0 Å². The standard InChI is InChI=1S/C21H21N3O3S/c1-24-13-21(22-14-24)28(26,27)23-12-16-7-8-18-19(10-16)17(11-20(18)25)9-15-5-3-2-4-6-15/h2-8,10,13-14,17,23H,9,11-12H2,1H3. The maximum Gasteiger partial charge on any atom is 0.259 e. The lowest BCUT2D eigenvalue weighted by molar-refractivity contribution is 0.0989. The fourth-order valence-electron chi connectivity index (χ4n) is 3.62. The van der Waals surface area contributed by atoms with Gasteiger partial charge in [0.05, 0.1) is 6.33 Å². The first kappa shape index (κ1) is 18.6. The Kier molecular flexibility index (Phi) is 4.87. The average Bonchev–Trinajstić information content (AvgIpc) is 3.25. The van der Waals surface area contributed by atoms with Crippen molar-refractivity contribution < 1.29 is 13.2 Å². The minimum atomic E-state index is -3.67. The Labute approximate surface area is 164 Å². The van der Waals surface area contributed by atoms with E-state index in [4.69, 9.17) is 0 Å². The number of carbonyl (C=O) groups is 1. The van der Waals surface area contributed by atoms with Crippen molar-refractivity contribution in [3.63, 3.8) is 0 Å². The molecule has 144 valence electrons. The first-order valence-corrected chi connectivity index (χ1v) is 10.6. The Bertz CT molecular complexity index is 1120. The molecule has 1 aromatic heterocycles. The van der Waals surface area contributed by atoms with Crippen molar-refractivity contribution in [1.29, 1.82) is 0 Å². The van der Waals surface area contributed by atoms with Gasteiger partial charge in [0.15, 0.2) is 10.8 Å². The van der Waals surface area contributed by atoms with Gasteiger partial charge in [0, 0.05) is 31.8 Å². The van der Waals surface area contributed by atoms with Gasteiger partial charge < -0.3 is 4.57 Å². The molecule has 1 unspecified atom stereocenters. The van der Waals surface area contributed by atoms with E-state index in [0.717, 1.165) is 23.1 Å². The van der Waals surface area contributed by atoms with Crippen LogP contribution < -0.4 is 4.72 Å². The van der Waals surface area contributed by atoms with Crippen molar-refractivity contribution in [2.75, 3.05) is 0 Å². The molecule has 28 heavy (non-hydrogen) atoms. The fraction of sp³-hybridized carbons (Fsp3) is 0.238. The molecule has 7 heteroatoms. The van der Waals surface area contributed by atoms with E-state index in [-0.39, 0.29) is 23.3 Å². The van der Waals surface area contributed by atoms with Crippen LogP contribution in [0.3, 0.4) is 0 Å². The summed E-state index contributed by atoms with van der Waals surface area (Å²) in [4.78, 5) is 16.3. The molecule has 0 aliphatic heterocycles. The summed E-state index contributed by atoms with van der Waals surface area (Å²) in [5, 5.41) is -0.00621. The van der Waals surface area contributed by atoms with E-state index < -0.39 is 10.0 Å². The molecule has 1 atom stereocenters. The number of imidazole rings is 1. The zero-order valence-corrected chi connectivity index (χ0v) is 16.3. The second kappa shape index (κ2) is 7.33. The molecule has 1 heterocycles. The summed E-state index contributed by atoms with van der Waals surface area (Å²) in [6, 6.07) is 15.7. The van der Waals surface area contributed by atoms with Crippen LogP contribution in [0.4, 0.5) is 0 Å². The molecular formula is C21H21N3O3S. The number of sulfonamides is 1. The molecule has 0 bridgehead atoms. The predicted molar refractivity (Wildman–Crippen MR) is 106 cm³/mol. The number of nitrogens with zero attached hydrogens (tertiary/aromatic N) is 2. The first-order valence-electron chi connectivity index (χ1n) is 9.10. The van der Waals surface area contributed by atoms with Crippen molar-refractivity contribution in [3.8, 4) is 0 Å². The number of Topliss-reactive ketones (excluding diaryl/α,β-unsaturated/α-hetero) is 1. The quantitative estimate of drug-likeness (QED) is 0.696. The maximum absolute atomic E-state index is 12.4. The summed E-state index contributed by atoms with van der Waals surface area (Å²) in [6.07, 6.45) is 4.19. The van der Waals surface area contributed by atoms with Crippen LogP contribution in [0.2, 0.25) is 0 Å². The molecule has 2 aromatic carbocycles. The summed E-state index contributed by atoms with van der Waals surface area (Å²) in [5.74, 6) is 0.272. The van der Waals surface area contributed by atoms with Crippen LogP contribution in [0.5, 0.6) is 0 Å². The van der Waals surface area contributed by atoms with Gasteiger partial charge in [-0.05, 0) is 29.0 Å². The van der Waals surface area contributed by atoms with Crippen LogP contribution in [-0.4, -0.2) is 23.8 Å². The number of rotatable bonds is 6. The maximum atomic E-state index is 12.4. The number of hydrogen-bond acceptors (Lipinski definition) is 4. The molecule has 1 aliphatic rings. The van der Waals surface area contributed by atoms with Gasteiger partial charge in [-0.2, -0.15) is 0 Å². The van der Waals surface area contributed by atoms with Gasteiger partial charge in [-0.3, -0.25) is 4.79 Å². The molecule has 0 amide bonds. The van der Waals surface area contributed by atoms with Gasteiger partial charge in [-0.1, -0.05) is 48.5 Å². The van der Waals surface area contributed by atoms with Crippen molar-refractivity contribution in [1.82, 2.24) is 14.3 Å². The number of nitrogens with one attached hydrogen (secondary N) is 1. The monoisotopic (exact) mass is 395 g/mol. The largest absolute Gasteiger partial charge is 0.339 e. The lowest BCUT2D eigenvalue weighted by Crippen LogP contribution is -2.23.